The Morgan fingerprint density at radius 2 is 1.90 bits per heavy atom. The van der Waals surface area contributed by atoms with Crippen LogP contribution in [0.25, 0.3) is 0 Å². The maximum Gasteiger partial charge on any atom is 0.409 e. The molecule has 0 aromatic heterocycles. The van der Waals surface area contributed by atoms with Crippen LogP contribution in [-0.2, 0) is 4.74 Å². The Kier molecular flexibility index (Phi) is 8.67. The molecule has 4 heteroatoms. The largest absolute Gasteiger partial charge is 0.445 e. The predicted molar refractivity (Wildman–Crippen MR) is 83.0 cm³/mol. The van der Waals surface area contributed by atoms with E-state index in [1.54, 1.807) is 14.1 Å². The van der Waals surface area contributed by atoms with E-state index in [2.05, 4.69) is 11.8 Å². The average molecular weight is 284 g/mol. The summed E-state index contributed by atoms with van der Waals surface area (Å²) < 4.78 is 5.49. The summed E-state index contributed by atoms with van der Waals surface area (Å²) in [6.45, 7) is 5.48. The van der Waals surface area contributed by atoms with Crippen LogP contribution in [0.4, 0.5) is 4.79 Å². The highest BCUT2D eigenvalue weighted by Gasteiger charge is 2.23. The van der Waals surface area contributed by atoms with Gasteiger partial charge in [0.2, 0.25) is 0 Å². The Balaban J connectivity index is 2.12. The van der Waals surface area contributed by atoms with Crippen molar-refractivity contribution in [1.82, 2.24) is 9.80 Å². The maximum absolute atomic E-state index is 11.6. The number of likely N-dealkylation sites (tertiary alicyclic amines) is 1. The molecule has 1 heterocycles. The Labute approximate surface area is 124 Å². The van der Waals surface area contributed by atoms with E-state index >= 15 is 0 Å². The quantitative estimate of drug-likeness (QED) is 0.639. The van der Waals surface area contributed by atoms with E-state index in [1.165, 1.54) is 43.4 Å². The number of carbonyl (C=O) groups excluding carboxylic acids is 1. The van der Waals surface area contributed by atoms with Gasteiger partial charge in [-0.1, -0.05) is 39.0 Å². The molecule has 0 N–H and O–H groups in total. The first kappa shape index (κ1) is 17.3. The van der Waals surface area contributed by atoms with Crippen LogP contribution in [0, 0.1) is 0 Å². The van der Waals surface area contributed by atoms with Crippen LogP contribution in [0.1, 0.15) is 58.3 Å². The molecule has 0 unspecified atom stereocenters. The van der Waals surface area contributed by atoms with Gasteiger partial charge >= 0.3 is 6.09 Å². The summed E-state index contributed by atoms with van der Waals surface area (Å²) in [6, 6.07) is 0. The number of hydrogen-bond acceptors (Lipinski definition) is 3. The van der Waals surface area contributed by atoms with Crippen LogP contribution in [0.5, 0.6) is 0 Å². The van der Waals surface area contributed by atoms with Gasteiger partial charge in [-0.25, -0.2) is 4.79 Å². The molecule has 0 aromatic carbocycles. The molecule has 0 aliphatic carbocycles. The molecule has 1 aliphatic heterocycles. The lowest BCUT2D eigenvalue weighted by Crippen LogP contribution is -2.42. The second-order valence-corrected chi connectivity index (χ2v) is 6.11. The topological polar surface area (TPSA) is 32.8 Å². The van der Waals surface area contributed by atoms with Crippen molar-refractivity contribution in [3.63, 3.8) is 0 Å². The lowest BCUT2D eigenvalue weighted by atomic mass is 10.1. The zero-order chi connectivity index (χ0) is 14.8. The molecule has 1 fully saturated rings. The van der Waals surface area contributed by atoms with Crippen LogP contribution < -0.4 is 0 Å². The molecular formula is C16H32N2O2. The molecule has 1 aliphatic rings. The van der Waals surface area contributed by atoms with Crippen molar-refractivity contribution in [1.29, 1.82) is 0 Å². The first-order valence-electron chi connectivity index (χ1n) is 8.23. The Hall–Kier alpha value is -0.770. The first-order chi connectivity index (χ1) is 9.63. The predicted octanol–water partition coefficient (Wildman–Crippen LogP) is 3.51. The number of ether oxygens (including phenoxy) is 1. The van der Waals surface area contributed by atoms with Gasteiger partial charge in [-0.3, -0.25) is 4.90 Å². The molecule has 20 heavy (non-hydrogen) atoms. The molecule has 0 bridgehead atoms. The van der Waals surface area contributed by atoms with E-state index in [0.29, 0.717) is 0 Å². The molecule has 1 atom stereocenters. The van der Waals surface area contributed by atoms with Gasteiger partial charge in [0.05, 0.1) is 0 Å². The van der Waals surface area contributed by atoms with Gasteiger partial charge in [-0.05, 0) is 32.4 Å². The van der Waals surface area contributed by atoms with Crippen molar-refractivity contribution >= 4 is 6.09 Å². The SMILES string of the molecule is CCCCCCCCN1CCC[C@H](OC(=O)N(C)C)C1. The monoisotopic (exact) mass is 284 g/mol. The molecule has 0 aromatic rings. The molecule has 1 rings (SSSR count). The van der Waals surface area contributed by atoms with Crippen molar-refractivity contribution < 1.29 is 9.53 Å². The van der Waals surface area contributed by atoms with Crippen molar-refractivity contribution in [2.45, 2.75) is 64.4 Å². The summed E-state index contributed by atoms with van der Waals surface area (Å²) >= 11 is 0. The van der Waals surface area contributed by atoms with Crippen LogP contribution in [0.3, 0.4) is 0 Å². The molecular weight excluding hydrogens is 252 g/mol. The normalized spacial score (nSPS) is 19.9. The summed E-state index contributed by atoms with van der Waals surface area (Å²) in [5, 5.41) is 0. The zero-order valence-corrected chi connectivity index (χ0v) is 13.6. The minimum absolute atomic E-state index is 0.0822. The van der Waals surface area contributed by atoms with Crippen LogP contribution in [0.2, 0.25) is 0 Å². The third-order valence-corrected chi connectivity index (χ3v) is 3.92. The summed E-state index contributed by atoms with van der Waals surface area (Å²) in [6.07, 6.45) is 10.0. The first-order valence-corrected chi connectivity index (χ1v) is 8.23. The standard InChI is InChI=1S/C16H32N2O2/c1-4-5-6-7-8-9-12-18-13-10-11-15(14-18)20-16(19)17(2)3/h15H,4-14H2,1-3H3/t15-/m0/s1. The third-order valence-electron chi connectivity index (χ3n) is 3.92. The van der Waals surface area contributed by atoms with Gasteiger partial charge < -0.3 is 9.64 Å². The Morgan fingerprint density at radius 3 is 2.60 bits per heavy atom. The van der Waals surface area contributed by atoms with Crippen LogP contribution >= 0.6 is 0 Å². The van der Waals surface area contributed by atoms with E-state index in [9.17, 15) is 4.79 Å². The number of unbranched alkanes of at least 4 members (excludes halogenated alkanes) is 5. The van der Waals surface area contributed by atoms with Crippen LogP contribution in [0.15, 0.2) is 0 Å². The average Bonchev–Trinajstić information content (AvgIpc) is 2.43. The molecule has 1 saturated heterocycles. The van der Waals surface area contributed by atoms with Gasteiger partial charge in [0.1, 0.15) is 6.10 Å². The van der Waals surface area contributed by atoms with E-state index in [4.69, 9.17) is 4.74 Å². The Bertz CT molecular complexity index is 269. The van der Waals surface area contributed by atoms with Gasteiger partial charge in [0, 0.05) is 20.6 Å². The lowest BCUT2D eigenvalue weighted by molar-refractivity contribution is 0.0282. The minimum Gasteiger partial charge on any atom is -0.445 e. The molecule has 4 nitrogen and oxygen atoms in total. The number of rotatable bonds is 8. The highest BCUT2D eigenvalue weighted by Crippen LogP contribution is 2.15. The van der Waals surface area contributed by atoms with E-state index in [0.717, 1.165) is 32.5 Å². The second kappa shape index (κ2) is 10.0. The summed E-state index contributed by atoms with van der Waals surface area (Å²) in [5.41, 5.74) is 0. The van der Waals surface area contributed by atoms with Crippen molar-refractivity contribution in [2.75, 3.05) is 33.7 Å². The van der Waals surface area contributed by atoms with Crippen molar-refractivity contribution in [3.8, 4) is 0 Å². The highest BCUT2D eigenvalue weighted by atomic mass is 16.6. The number of amides is 1. The van der Waals surface area contributed by atoms with E-state index in [-0.39, 0.29) is 12.2 Å². The number of nitrogens with zero attached hydrogens (tertiary/aromatic N) is 2. The molecule has 0 spiro atoms. The minimum atomic E-state index is -0.212. The van der Waals surface area contributed by atoms with Gasteiger partial charge in [0.25, 0.3) is 0 Å². The summed E-state index contributed by atoms with van der Waals surface area (Å²) in [5.74, 6) is 0. The molecule has 0 radical (unpaired) electrons. The van der Waals surface area contributed by atoms with Gasteiger partial charge in [-0.15, -0.1) is 0 Å². The summed E-state index contributed by atoms with van der Waals surface area (Å²) in [4.78, 5) is 15.5. The van der Waals surface area contributed by atoms with Gasteiger partial charge in [0.15, 0.2) is 0 Å². The van der Waals surface area contributed by atoms with Crippen molar-refractivity contribution in [3.05, 3.63) is 0 Å². The number of piperidine rings is 1. The van der Waals surface area contributed by atoms with Crippen LogP contribution in [-0.4, -0.2) is 55.7 Å². The smallest absolute Gasteiger partial charge is 0.409 e. The van der Waals surface area contributed by atoms with E-state index in [1.807, 2.05) is 0 Å². The van der Waals surface area contributed by atoms with Gasteiger partial charge in [-0.2, -0.15) is 0 Å². The second-order valence-electron chi connectivity index (χ2n) is 6.11. The fourth-order valence-electron chi connectivity index (χ4n) is 2.68. The fraction of sp³-hybridized carbons (Fsp3) is 0.938. The number of carbonyl (C=O) groups is 1. The number of hydrogen-bond donors (Lipinski definition) is 0. The van der Waals surface area contributed by atoms with Crippen molar-refractivity contribution in [2.24, 2.45) is 0 Å². The Morgan fingerprint density at radius 1 is 1.20 bits per heavy atom. The highest BCUT2D eigenvalue weighted by molar-refractivity contribution is 5.66. The molecule has 0 saturated carbocycles. The lowest BCUT2D eigenvalue weighted by Gasteiger charge is -2.32. The molecule has 118 valence electrons. The maximum atomic E-state index is 11.6. The van der Waals surface area contributed by atoms with E-state index < -0.39 is 0 Å². The fourth-order valence-corrected chi connectivity index (χ4v) is 2.68. The summed E-state index contributed by atoms with van der Waals surface area (Å²) in [7, 11) is 3.47. The third kappa shape index (κ3) is 7.13. The zero-order valence-electron chi connectivity index (χ0n) is 13.6. The molecule has 1 amide bonds.